The molecule has 2 aliphatic carbocycles. The molecule has 2 aliphatic rings. The van der Waals surface area contributed by atoms with Crippen molar-refractivity contribution >= 4 is 0 Å². The van der Waals surface area contributed by atoms with Gasteiger partial charge in [-0.3, -0.25) is 0 Å². The number of hydrogen-bond donors (Lipinski definition) is 2. The molecule has 3 rings (SSSR count). The summed E-state index contributed by atoms with van der Waals surface area (Å²) in [6.45, 7) is 0.145. The summed E-state index contributed by atoms with van der Waals surface area (Å²) in [7, 11) is 0. The molecular formula is C15H21N3O. The number of allylic oxidation sites excluding steroid dienone is 2. The Kier molecular flexibility index (Phi) is 3.51. The summed E-state index contributed by atoms with van der Waals surface area (Å²) in [5.74, 6) is 0.804. The topological polar surface area (TPSA) is 58.0 Å². The van der Waals surface area contributed by atoms with E-state index in [2.05, 4.69) is 21.4 Å². The number of aliphatic hydroxyl groups is 1. The lowest BCUT2D eigenvalue weighted by molar-refractivity contribution is 0.132. The molecule has 102 valence electrons. The van der Waals surface area contributed by atoms with E-state index < -0.39 is 0 Å². The SMILES string of the molecule is OCC1(c2ncccn2)CCC(NC2=CCC2)CC1. The first kappa shape index (κ1) is 12.6. The highest BCUT2D eigenvalue weighted by Gasteiger charge is 2.38. The normalized spacial score (nSPS) is 30.4. The Hall–Kier alpha value is -1.42. The minimum atomic E-state index is -0.229. The standard InChI is InChI=1S/C15H21N3O/c19-11-15(14-16-9-2-10-17-14)7-5-13(6-8-15)18-12-3-1-4-12/h2-3,9-10,13,18-19H,1,4-8,11H2. The molecule has 1 aromatic rings. The predicted octanol–water partition coefficient (Wildman–Crippen LogP) is 1.92. The summed E-state index contributed by atoms with van der Waals surface area (Å²) in [4.78, 5) is 8.71. The monoisotopic (exact) mass is 259 g/mol. The molecule has 0 spiro atoms. The Bertz CT molecular complexity index is 450. The number of rotatable bonds is 4. The van der Waals surface area contributed by atoms with Gasteiger partial charge in [-0.1, -0.05) is 6.08 Å². The van der Waals surface area contributed by atoms with Crippen molar-refractivity contribution in [2.75, 3.05) is 6.61 Å². The van der Waals surface area contributed by atoms with Crippen molar-refractivity contribution in [1.29, 1.82) is 0 Å². The van der Waals surface area contributed by atoms with E-state index in [-0.39, 0.29) is 12.0 Å². The first-order chi connectivity index (χ1) is 9.32. The van der Waals surface area contributed by atoms with Crippen molar-refractivity contribution in [1.82, 2.24) is 15.3 Å². The van der Waals surface area contributed by atoms with Gasteiger partial charge in [-0.05, 0) is 44.6 Å². The smallest absolute Gasteiger partial charge is 0.136 e. The number of aliphatic hydroxyl groups excluding tert-OH is 1. The van der Waals surface area contributed by atoms with Gasteiger partial charge in [0.2, 0.25) is 0 Å². The van der Waals surface area contributed by atoms with E-state index in [1.165, 1.54) is 18.5 Å². The van der Waals surface area contributed by atoms with Gasteiger partial charge in [0, 0.05) is 24.1 Å². The van der Waals surface area contributed by atoms with Crippen LogP contribution in [0.15, 0.2) is 30.2 Å². The summed E-state index contributed by atoms with van der Waals surface area (Å²) in [5, 5.41) is 13.4. The molecule has 0 bridgehead atoms. The van der Waals surface area contributed by atoms with Crippen molar-refractivity contribution in [3.8, 4) is 0 Å². The van der Waals surface area contributed by atoms with Gasteiger partial charge in [-0.2, -0.15) is 0 Å². The van der Waals surface area contributed by atoms with Crippen LogP contribution in [0, 0.1) is 0 Å². The van der Waals surface area contributed by atoms with E-state index in [4.69, 9.17) is 0 Å². The molecule has 0 amide bonds. The lowest BCUT2D eigenvalue weighted by Gasteiger charge is -2.39. The summed E-state index contributed by atoms with van der Waals surface area (Å²) in [6, 6.07) is 2.38. The third-order valence-corrected chi connectivity index (χ3v) is 4.48. The molecule has 2 N–H and O–H groups in total. The maximum atomic E-state index is 9.81. The Labute approximate surface area is 114 Å². The summed E-state index contributed by atoms with van der Waals surface area (Å²) < 4.78 is 0. The molecule has 1 aromatic heterocycles. The first-order valence-electron chi connectivity index (χ1n) is 7.16. The van der Waals surface area contributed by atoms with Gasteiger partial charge in [-0.25, -0.2) is 9.97 Å². The summed E-state index contributed by atoms with van der Waals surface area (Å²) >= 11 is 0. The van der Waals surface area contributed by atoms with Crippen molar-refractivity contribution in [3.63, 3.8) is 0 Å². The second kappa shape index (κ2) is 5.29. The maximum Gasteiger partial charge on any atom is 0.136 e. The molecule has 1 fully saturated rings. The fourth-order valence-corrected chi connectivity index (χ4v) is 3.02. The zero-order chi connectivity index (χ0) is 13.1. The predicted molar refractivity (Wildman–Crippen MR) is 73.5 cm³/mol. The van der Waals surface area contributed by atoms with Gasteiger partial charge in [0.15, 0.2) is 0 Å². The first-order valence-corrected chi connectivity index (χ1v) is 7.16. The number of nitrogens with one attached hydrogen (secondary N) is 1. The molecule has 4 nitrogen and oxygen atoms in total. The average molecular weight is 259 g/mol. The lowest BCUT2D eigenvalue weighted by Crippen LogP contribution is -2.43. The molecule has 0 radical (unpaired) electrons. The minimum Gasteiger partial charge on any atom is -0.395 e. The van der Waals surface area contributed by atoms with Crippen LogP contribution in [0.2, 0.25) is 0 Å². The molecule has 1 saturated carbocycles. The Morgan fingerprint density at radius 3 is 2.47 bits per heavy atom. The van der Waals surface area contributed by atoms with Crippen molar-refractivity contribution < 1.29 is 5.11 Å². The maximum absolute atomic E-state index is 9.81. The average Bonchev–Trinajstić information content (AvgIpc) is 2.45. The molecule has 0 unspecified atom stereocenters. The highest BCUT2D eigenvalue weighted by Crippen LogP contribution is 2.37. The van der Waals surface area contributed by atoms with Gasteiger partial charge in [0.05, 0.1) is 12.0 Å². The van der Waals surface area contributed by atoms with Crippen molar-refractivity contribution in [2.45, 2.75) is 50.0 Å². The van der Waals surface area contributed by atoms with E-state index in [1.54, 1.807) is 12.4 Å². The van der Waals surface area contributed by atoms with E-state index >= 15 is 0 Å². The Morgan fingerprint density at radius 2 is 1.95 bits per heavy atom. The molecule has 0 atom stereocenters. The second-order valence-electron chi connectivity index (χ2n) is 5.70. The number of nitrogens with zero attached hydrogens (tertiary/aromatic N) is 2. The molecule has 19 heavy (non-hydrogen) atoms. The molecule has 0 aliphatic heterocycles. The van der Waals surface area contributed by atoms with E-state index in [1.807, 2.05) is 6.07 Å². The van der Waals surface area contributed by atoms with Crippen LogP contribution in [0.1, 0.15) is 44.3 Å². The Balaban J connectivity index is 1.66. The summed E-state index contributed by atoms with van der Waals surface area (Å²) in [5.41, 5.74) is 1.17. The zero-order valence-corrected chi connectivity index (χ0v) is 11.2. The largest absolute Gasteiger partial charge is 0.395 e. The molecule has 1 heterocycles. The zero-order valence-electron chi connectivity index (χ0n) is 11.2. The van der Waals surface area contributed by atoms with Crippen LogP contribution in [0.5, 0.6) is 0 Å². The third-order valence-electron chi connectivity index (χ3n) is 4.48. The molecule has 4 heteroatoms. The molecular weight excluding hydrogens is 238 g/mol. The lowest BCUT2D eigenvalue weighted by atomic mass is 9.72. The van der Waals surface area contributed by atoms with Gasteiger partial charge in [0.25, 0.3) is 0 Å². The van der Waals surface area contributed by atoms with Crippen LogP contribution in [-0.2, 0) is 5.41 Å². The fourth-order valence-electron chi connectivity index (χ4n) is 3.02. The highest BCUT2D eigenvalue weighted by molar-refractivity contribution is 5.14. The van der Waals surface area contributed by atoms with Crippen LogP contribution < -0.4 is 5.32 Å². The summed E-state index contributed by atoms with van der Waals surface area (Å²) in [6.07, 6.45) is 12.3. The Morgan fingerprint density at radius 1 is 1.26 bits per heavy atom. The van der Waals surface area contributed by atoms with Gasteiger partial charge >= 0.3 is 0 Å². The van der Waals surface area contributed by atoms with Crippen LogP contribution in [0.4, 0.5) is 0 Å². The van der Waals surface area contributed by atoms with Gasteiger partial charge < -0.3 is 10.4 Å². The van der Waals surface area contributed by atoms with Crippen molar-refractivity contribution in [2.24, 2.45) is 0 Å². The minimum absolute atomic E-state index is 0.145. The van der Waals surface area contributed by atoms with Crippen LogP contribution >= 0.6 is 0 Å². The van der Waals surface area contributed by atoms with Gasteiger partial charge in [-0.15, -0.1) is 0 Å². The molecule has 0 aromatic carbocycles. The van der Waals surface area contributed by atoms with E-state index in [0.717, 1.165) is 31.5 Å². The van der Waals surface area contributed by atoms with Crippen molar-refractivity contribution in [3.05, 3.63) is 36.1 Å². The molecule has 0 saturated heterocycles. The van der Waals surface area contributed by atoms with Crippen LogP contribution in [0.25, 0.3) is 0 Å². The van der Waals surface area contributed by atoms with E-state index in [9.17, 15) is 5.11 Å². The van der Waals surface area contributed by atoms with Crippen LogP contribution in [0.3, 0.4) is 0 Å². The number of aromatic nitrogens is 2. The highest BCUT2D eigenvalue weighted by atomic mass is 16.3. The van der Waals surface area contributed by atoms with Crippen LogP contribution in [-0.4, -0.2) is 27.7 Å². The van der Waals surface area contributed by atoms with E-state index in [0.29, 0.717) is 6.04 Å². The van der Waals surface area contributed by atoms with Gasteiger partial charge in [0.1, 0.15) is 5.82 Å². The number of hydrogen-bond acceptors (Lipinski definition) is 4. The quantitative estimate of drug-likeness (QED) is 0.867. The third kappa shape index (κ3) is 2.50. The second-order valence-corrected chi connectivity index (χ2v) is 5.70. The fraction of sp³-hybridized carbons (Fsp3) is 0.600.